The zero-order chi connectivity index (χ0) is 15.8. The summed E-state index contributed by atoms with van der Waals surface area (Å²) < 4.78 is 65.2. The van der Waals surface area contributed by atoms with Gasteiger partial charge in [0.1, 0.15) is 17.7 Å². The molecule has 0 aliphatic carbocycles. The molecule has 2 aromatic rings. The van der Waals surface area contributed by atoms with Crippen molar-refractivity contribution in [2.24, 2.45) is 0 Å². The Balaban J connectivity index is 2.49. The first-order valence-corrected chi connectivity index (χ1v) is 6.49. The topological polar surface area (TPSA) is 20.2 Å². The van der Waals surface area contributed by atoms with Crippen molar-refractivity contribution in [3.05, 3.63) is 69.2 Å². The van der Waals surface area contributed by atoms with Crippen LogP contribution in [-0.4, -0.2) is 5.11 Å². The van der Waals surface area contributed by atoms with Crippen LogP contribution in [-0.2, 0) is 6.18 Å². The van der Waals surface area contributed by atoms with Gasteiger partial charge >= 0.3 is 6.18 Å². The molecule has 0 spiro atoms. The Bertz CT molecular complexity index is 669. The van der Waals surface area contributed by atoms with Gasteiger partial charge in [0.2, 0.25) is 0 Å². The van der Waals surface area contributed by atoms with Crippen LogP contribution in [0.3, 0.4) is 0 Å². The summed E-state index contributed by atoms with van der Waals surface area (Å²) in [5.74, 6) is -2.23. The number of halogens is 6. The summed E-state index contributed by atoms with van der Waals surface area (Å²) in [4.78, 5) is 0. The summed E-state index contributed by atoms with van der Waals surface area (Å²) in [6.07, 6.45) is -6.53. The van der Waals surface area contributed by atoms with Crippen LogP contribution in [0.4, 0.5) is 22.0 Å². The molecule has 0 heterocycles. The lowest BCUT2D eigenvalue weighted by atomic mass is 9.99. The Morgan fingerprint density at radius 2 is 1.57 bits per heavy atom. The van der Waals surface area contributed by atoms with E-state index in [4.69, 9.17) is 0 Å². The van der Waals surface area contributed by atoms with Crippen molar-refractivity contribution in [3.63, 3.8) is 0 Å². The number of aliphatic hydroxyl groups excluding tert-OH is 1. The molecule has 1 unspecified atom stereocenters. The van der Waals surface area contributed by atoms with Gasteiger partial charge in [-0.2, -0.15) is 13.2 Å². The minimum atomic E-state index is -4.89. The molecule has 1 N–H and O–H groups in total. The number of rotatable bonds is 2. The molecule has 0 saturated heterocycles. The summed E-state index contributed by atoms with van der Waals surface area (Å²) in [6.45, 7) is 0. The average molecular weight is 367 g/mol. The van der Waals surface area contributed by atoms with Crippen LogP contribution >= 0.6 is 15.9 Å². The molecular formula is C14H8BrF5O. The van der Waals surface area contributed by atoms with Gasteiger partial charge in [0.05, 0.1) is 5.56 Å². The lowest BCUT2D eigenvalue weighted by molar-refractivity contribution is -0.140. The summed E-state index contributed by atoms with van der Waals surface area (Å²) in [6, 6.07) is 5.75. The smallest absolute Gasteiger partial charge is 0.384 e. The second kappa shape index (κ2) is 5.73. The van der Waals surface area contributed by atoms with Crippen LogP contribution in [0.1, 0.15) is 22.8 Å². The molecule has 0 aliphatic heterocycles. The fraction of sp³-hybridized carbons (Fsp3) is 0.143. The first kappa shape index (κ1) is 15.9. The predicted octanol–water partition coefficient (Wildman–Crippen LogP) is 4.83. The van der Waals surface area contributed by atoms with Gasteiger partial charge in [0.15, 0.2) is 0 Å². The Kier molecular flexibility index (Phi) is 4.34. The standard InChI is InChI=1S/C14H8BrF5O/c15-8-2-4-11(16)9(6-8)13(21)7-1-3-12(17)10(5-7)14(18,19)20/h1-6,13,21H. The maximum atomic E-state index is 13.6. The summed E-state index contributed by atoms with van der Waals surface area (Å²) in [7, 11) is 0. The van der Waals surface area contributed by atoms with Crippen LogP contribution in [0.5, 0.6) is 0 Å². The summed E-state index contributed by atoms with van der Waals surface area (Å²) >= 11 is 3.08. The number of hydrogen-bond donors (Lipinski definition) is 1. The van der Waals surface area contributed by atoms with Gasteiger partial charge in [-0.1, -0.05) is 22.0 Å². The van der Waals surface area contributed by atoms with E-state index < -0.39 is 29.5 Å². The molecule has 0 amide bonds. The van der Waals surface area contributed by atoms with Crippen molar-refractivity contribution in [2.45, 2.75) is 12.3 Å². The third-order valence-electron chi connectivity index (χ3n) is 2.86. The monoisotopic (exact) mass is 366 g/mol. The van der Waals surface area contributed by atoms with Crippen LogP contribution in [0.2, 0.25) is 0 Å². The molecule has 1 nitrogen and oxygen atoms in total. The molecule has 0 bridgehead atoms. The predicted molar refractivity (Wildman–Crippen MR) is 69.6 cm³/mol. The average Bonchev–Trinajstić information content (AvgIpc) is 2.40. The summed E-state index contributed by atoms with van der Waals surface area (Å²) in [5, 5.41) is 10.0. The van der Waals surface area contributed by atoms with Crippen molar-refractivity contribution in [1.82, 2.24) is 0 Å². The minimum Gasteiger partial charge on any atom is -0.384 e. The Hall–Kier alpha value is -1.47. The highest BCUT2D eigenvalue weighted by Gasteiger charge is 2.34. The second-order valence-electron chi connectivity index (χ2n) is 4.31. The van der Waals surface area contributed by atoms with Crippen LogP contribution in [0.25, 0.3) is 0 Å². The maximum absolute atomic E-state index is 13.6. The van der Waals surface area contributed by atoms with Crippen molar-refractivity contribution in [2.75, 3.05) is 0 Å². The van der Waals surface area contributed by atoms with Crippen LogP contribution < -0.4 is 0 Å². The lowest BCUT2D eigenvalue weighted by Crippen LogP contribution is -2.11. The van der Waals surface area contributed by atoms with Gasteiger partial charge < -0.3 is 5.11 Å². The number of benzene rings is 2. The highest BCUT2D eigenvalue weighted by molar-refractivity contribution is 9.10. The Morgan fingerprint density at radius 1 is 0.952 bits per heavy atom. The maximum Gasteiger partial charge on any atom is 0.419 e. The molecule has 112 valence electrons. The fourth-order valence-electron chi connectivity index (χ4n) is 1.83. The van der Waals surface area contributed by atoms with Gasteiger partial charge in [-0.15, -0.1) is 0 Å². The molecule has 21 heavy (non-hydrogen) atoms. The number of aliphatic hydroxyl groups is 1. The highest BCUT2D eigenvalue weighted by atomic mass is 79.9. The van der Waals surface area contributed by atoms with E-state index in [9.17, 15) is 27.1 Å². The third-order valence-corrected chi connectivity index (χ3v) is 3.36. The van der Waals surface area contributed by atoms with E-state index in [-0.39, 0.29) is 11.1 Å². The van der Waals surface area contributed by atoms with E-state index in [0.29, 0.717) is 16.6 Å². The quantitative estimate of drug-likeness (QED) is 0.755. The van der Waals surface area contributed by atoms with Crippen LogP contribution in [0.15, 0.2) is 40.9 Å². The van der Waals surface area contributed by atoms with Gasteiger partial charge in [0, 0.05) is 10.0 Å². The molecule has 0 radical (unpaired) electrons. The molecule has 0 fully saturated rings. The highest BCUT2D eigenvalue weighted by Crippen LogP contribution is 2.35. The second-order valence-corrected chi connectivity index (χ2v) is 5.22. The Morgan fingerprint density at radius 3 is 2.19 bits per heavy atom. The number of alkyl halides is 3. The lowest BCUT2D eigenvalue weighted by Gasteiger charge is -2.15. The first-order valence-electron chi connectivity index (χ1n) is 5.70. The van der Waals surface area contributed by atoms with E-state index >= 15 is 0 Å². The van der Waals surface area contributed by atoms with E-state index in [2.05, 4.69) is 15.9 Å². The normalized spacial score (nSPS) is 13.3. The van der Waals surface area contributed by atoms with Gasteiger partial charge in [-0.3, -0.25) is 0 Å². The summed E-state index contributed by atoms with van der Waals surface area (Å²) in [5.41, 5.74) is -1.96. The van der Waals surface area contributed by atoms with Crippen molar-refractivity contribution < 1.29 is 27.1 Å². The largest absolute Gasteiger partial charge is 0.419 e. The minimum absolute atomic E-state index is 0.205. The first-order chi connectivity index (χ1) is 9.70. The Labute approximate surface area is 125 Å². The van der Waals surface area contributed by atoms with Gasteiger partial charge in [-0.05, 0) is 35.9 Å². The van der Waals surface area contributed by atoms with E-state index in [1.54, 1.807) is 0 Å². The van der Waals surface area contributed by atoms with Crippen molar-refractivity contribution in [1.29, 1.82) is 0 Å². The van der Waals surface area contributed by atoms with E-state index in [1.807, 2.05) is 0 Å². The molecule has 0 aliphatic rings. The van der Waals surface area contributed by atoms with Gasteiger partial charge in [0.25, 0.3) is 0 Å². The molecule has 7 heteroatoms. The van der Waals surface area contributed by atoms with Crippen molar-refractivity contribution in [3.8, 4) is 0 Å². The van der Waals surface area contributed by atoms with E-state index in [1.165, 1.54) is 12.1 Å². The molecule has 0 saturated carbocycles. The van der Waals surface area contributed by atoms with Crippen molar-refractivity contribution >= 4 is 15.9 Å². The van der Waals surface area contributed by atoms with Gasteiger partial charge in [-0.25, -0.2) is 8.78 Å². The zero-order valence-corrected chi connectivity index (χ0v) is 11.8. The SMILES string of the molecule is OC(c1ccc(F)c(C(F)(F)F)c1)c1cc(Br)ccc1F. The van der Waals surface area contributed by atoms with Crippen LogP contribution in [0, 0.1) is 11.6 Å². The molecule has 2 aromatic carbocycles. The molecule has 1 atom stereocenters. The molecule has 0 aromatic heterocycles. The molecular weight excluding hydrogens is 359 g/mol. The van der Waals surface area contributed by atoms with E-state index in [0.717, 1.165) is 12.1 Å². The fourth-order valence-corrected chi connectivity index (χ4v) is 2.21. The zero-order valence-electron chi connectivity index (χ0n) is 10.3. The third kappa shape index (κ3) is 3.41. The number of hydrogen-bond acceptors (Lipinski definition) is 1. The molecule has 2 rings (SSSR count).